The topological polar surface area (TPSA) is 51.2 Å². The zero-order chi connectivity index (χ0) is 21.3. The maximum absolute atomic E-state index is 12.8. The van der Waals surface area contributed by atoms with Gasteiger partial charge in [0.1, 0.15) is 5.75 Å². The Bertz CT molecular complexity index is 1230. The molecule has 3 aromatic carbocycles. The van der Waals surface area contributed by atoms with Crippen molar-refractivity contribution in [3.63, 3.8) is 0 Å². The fourth-order valence-electron chi connectivity index (χ4n) is 2.79. The maximum atomic E-state index is 12.8. The number of halogens is 3. The van der Waals surface area contributed by atoms with Crippen LogP contribution in [0.4, 0.5) is 5.69 Å². The van der Waals surface area contributed by atoms with Gasteiger partial charge in [0.25, 0.3) is 5.91 Å². The van der Waals surface area contributed by atoms with Crippen LogP contribution in [0, 0.1) is 0 Å². The van der Waals surface area contributed by atoms with Gasteiger partial charge in [-0.1, -0.05) is 51.4 Å². The minimum atomic E-state index is -0.295. The van der Waals surface area contributed by atoms with Gasteiger partial charge in [0.2, 0.25) is 0 Å². The molecule has 9 heteroatoms. The smallest absolute Gasteiger partial charge is 0.259 e. The third kappa shape index (κ3) is 4.68. The number of carbonyl (C=O) groups is 1. The monoisotopic (exact) mass is 582 g/mol. The number of carbonyl (C=O) groups excluding carboxylic acids is 1. The van der Waals surface area contributed by atoms with E-state index in [4.69, 9.17) is 16.3 Å². The molecule has 0 aliphatic rings. The lowest BCUT2D eigenvalue weighted by Crippen LogP contribution is -2.13. The summed E-state index contributed by atoms with van der Waals surface area (Å²) in [4.78, 5) is 18.3. The highest BCUT2D eigenvalue weighted by molar-refractivity contribution is 9.11. The van der Waals surface area contributed by atoms with Crippen LogP contribution in [0.15, 0.2) is 72.8 Å². The number of hydrogen-bond acceptors (Lipinski definition) is 5. The van der Waals surface area contributed by atoms with Gasteiger partial charge in [-0.25, -0.2) is 4.98 Å². The second kappa shape index (κ2) is 9.28. The number of para-hydroxylation sites is 1. The summed E-state index contributed by atoms with van der Waals surface area (Å²) >= 11 is 16.4. The first-order valence-corrected chi connectivity index (χ1v) is 12.2. The van der Waals surface area contributed by atoms with Crippen LogP contribution >= 0.6 is 66.6 Å². The van der Waals surface area contributed by atoms with E-state index in [2.05, 4.69) is 42.2 Å². The Morgan fingerprint density at radius 3 is 2.70 bits per heavy atom. The first-order chi connectivity index (χ1) is 14.4. The van der Waals surface area contributed by atoms with Crippen molar-refractivity contribution in [2.24, 2.45) is 0 Å². The highest BCUT2D eigenvalue weighted by atomic mass is 79.9. The summed E-state index contributed by atoms with van der Waals surface area (Å²) in [5.41, 5.74) is 1.97. The molecule has 0 radical (unpaired) electrons. The fourth-order valence-corrected chi connectivity index (χ4v) is 6.50. The van der Waals surface area contributed by atoms with Crippen LogP contribution in [-0.2, 0) is 0 Å². The molecule has 1 aromatic heterocycles. The summed E-state index contributed by atoms with van der Waals surface area (Å²) in [6, 6.07) is 17.0. The molecule has 0 aliphatic heterocycles. The van der Waals surface area contributed by atoms with Crippen LogP contribution in [0.25, 0.3) is 10.2 Å². The van der Waals surface area contributed by atoms with Crippen LogP contribution in [0.1, 0.15) is 10.4 Å². The van der Waals surface area contributed by atoms with Crippen LogP contribution in [0.2, 0.25) is 5.02 Å². The number of fused-ring (bicyclic) bond motifs is 1. The number of hydrogen-bond donors (Lipinski definition) is 1. The fraction of sp³-hybridized carbons (Fsp3) is 0.0476. The Balaban J connectivity index is 1.54. The van der Waals surface area contributed by atoms with Crippen LogP contribution < -0.4 is 10.1 Å². The van der Waals surface area contributed by atoms with Crippen molar-refractivity contribution in [3.8, 4) is 5.75 Å². The van der Waals surface area contributed by atoms with Crippen LogP contribution in [0.5, 0.6) is 5.75 Å². The molecule has 4 nitrogen and oxygen atoms in total. The normalized spacial score (nSPS) is 10.9. The molecule has 4 rings (SSSR count). The minimum absolute atomic E-state index is 0.295. The number of nitrogens with zero attached hydrogens (tertiary/aromatic N) is 1. The SMILES string of the molecule is COc1c(Br)cc(Br)cc1C(=O)Nc1ccc(Sc2nc3ccccc3s2)c(Cl)c1. The van der Waals surface area contributed by atoms with Crippen LogP contribution in [-0.4, -0.2) is 18.0 Å². The highest BCUT2D eigenvalue weighted by Gasteiger charge is 2.17. The third-order valence-corrected chi connectivity index (χ3v) is 7.76. The van der Waals surface area contributed by atoms with E-state index in [0.717, 1.165) is 23.9 Å². The van der Waals surface area contributed by atoms with Crippen molar-refractivity contribution in [1.82, 2.24) is 4.98 Å². The quantitative estimate of drug-likeness (QED) is 0.259. The predicted octanol–water partition coefficient (Wildman–Crippen LogP) is 7.89. The second-order valence-electron chi connectivity index (χ2n) is 6.12. The number of ether oxygens (including phenoxy) is 1. The van der Waals surface area contributed by atoms with Crippen molar-refractivity contribution >= 4 is 88.4 Å². The molecule has 0 unspecified atom stereocenters. The predicted molar refractivity (Wildman–Crippen MR) is 132 cm³/mol. The van der Waals surface area contributed by atoms with E-state index in [9.17, 15) is 4.79 Å². The summed E-state index contributed by atoms with van der Waals surface area (Å²) < 4.78 is 8.86. The van der Waals surface area contributed by atoms with E-state index in [-0.39, 0.29) is 5.91 Å². The lowest BCUT2D eigenvalue weighted by atomic mass is 10.2. The molecule has 0 saturated carbocycles. The molecule has 152 valence electrons. The summed E-state index contributed by atoms with van der Waals surface area (Å²) in [6.07, 6.45) is 0. The van der Waals surface area contributed by atoms with Crippen LogP contribution in [0.3, 0.4) is 0 Å². The number of rotatable bonds is 5. The molecular weight excluding hydrogens is 572 g/mol. The Morgan fingerprint density at radius 1 is 1.17 bits per heavy atom. The first kappa shape index (κ1) is 21.6. The zero-order valence-corrected chi connectivity index (χ0v) is 21.0. The summed E-state index contributed by atoms with van der Waals surface area (Å²) in [6.45, 7) is 0. The maximum Gasteiger partial charge on any atom is 0.259 e. The standard InChI is InChI=1S/C21H13Br2ClN2O2S2/c1-28-19-13(8-11(22)9-14(19)23)20(27)25-12-6-7-17(15(24)10-12)29-21-26-16-4-2-3-5-18(16)30-21/h2-10H,1H3,(H,25,27). The number of anilines is 1. The van der Waals surface area contributed by atoms with Crippen molar-refractivity contribution in [1.29, 1.82) is 0 Å². The average molecular weight is 585 g/mol. The Morgan fingerprint density at radius 2 is 1.97 bits per heavy atom. The third-order valence-electron chi connectivity index (χ3n) is 4.12. The number of benzene rings is 3. The highest BCUT2D eigenvalue weighted by Crippen LogP contribution is 2.39. The molecule has 0 fully saturated rings. The van der Waals surface area contributed by atoms with Gasteiger partial charge in [0.15, 0.2) is 4.34 Å². The molecule has 1 amide bonds. The van der Waals surface area contributed by atoms with Crippen molar-refractivity contribution in [2.45, 2.75) is 9.24 Å². The van der Waals surface area contributed by atoms with Gasteiger partial charge in [0, 0.05) is 15.1 Å². The van der Waals surface area contributed by atoms with Gasteiger partial charge in [0.05, 0.1) is 32.4 Å². The molecular formula is C21H13Br2ClN2O2S2. The summed E-state index contributed by atoms with van der Waals surface area (Å²) in [5, 5.41) is 3.41. The molecule has 1 N–H and O–H groups in total. The number of amides is 1. The molecule has 0 spiro atoms. The molecule has 0 bridgehead atoms. The Labute approximate surface area is 203 Å². The lowest BCUT2D eigenvalue weighted by molar-refractivity contribution is 0.102. The number of methoxy groups -OCH3 is 1. The molecule has 0 aliphatic carbocycles. The second-order valence-corrected chi connectivity index (χ2v) is 10.6. The van der Waals surface area contributed by atoms with E-state index >= 15 is 0 Å². The first-order valence-electron chi connectivity index (χ1n) is 8.62. The summed E-state index contributed by atoms with van der Waals surface area (Å²) in [7, 11) is 1.52. The van der Waals surface area contributed by atoms with E-state index in [1.165, 1.54) is 18.9 Å². The molecule has 30 heavy (non-hydrogen) atoms. The van der Waals surface area contributed by atoms with Gasteiger partial charge >= 0.3 is 0 Å². The minimum Gasteiger partial charge on any atom is -0.495 e. The molecule has 1 heterocycles. The van der Waals surface area contributed by atoms with Gasteiger partial charge in [-0.15, -0.1) is 11.3 Å². The van der Waals surface area contributed by atoms with Gasteiger partial charge in [-0.2, -0.15) is 0 Å². The molecule has 0 saturated heterocycles. The van der Waals surface area contributed by atoms with E-state index in [0.29, 0.717) is 26.5 Å². The van der Waals surface area contributed by atoms with E-state index in [1.54, 1.807) is 23.5 Å². The number of aromatic nitrogens is 1. The van der Waals surface area contributed by atoms with Gasteiger partial charge in [-0.3, -0.25) is 4.79 Å². The van der Waals surface area contributed by atoms with E-state index in [1.807, 2.05) is 42.5 Å². The lowest BCUT2D eigenvalue weighted by Gasteiger charge is -2.12. The number of thiazole rings is 1. The van der Waals surface area contributed by atoms with E-state index < -0.39 is 0 Å². The Kier molecular flexibility index (Phi) is 6.69. The average Bonchev–Trinajstić information content (AvgIpc) is 3.12. The van der Waals surface area contributed by atoms with Crippen molar-refractivity contribution in [2.75, 3.05) is 12.4 Å². The van der Waals surface area contributed by atoms with Crippen molar-refractivity contribution < 1.29 is 9.53 Å². The molecule has 0 atom stereocenters. The zero-order valence-electron chi connectivity index (χ0n) is 15.4. The van der Waals surface area contributed by atoms with Crippen molar-refractivity contribution in [3.05, 3.63) is 74.1 Å². The Hall–Kier alpha value is -1.58. The summed E-state index contributed by atoms with van der Waals surface area (Å²) in [5.74, 6) is 0.168. The number of nitrogens with one attached hydrogen (secondary N) is 1. The largest absolute Gasteiger partial charge is 0.495 e. The van der Waals surface area contributed by atoms with Gasteiger partial charge in [-0.05, 0) is 58.4 Å². The van der Waals surface area contributed by atoms with Gasteiger partial charge < -0.3 is 10.1 Å². The molecule has 4 aromatic rings.